The van der Waals surface area contributed by atoms with E-state index in [1.165, 1.54) is 62.6 Å². The summed E-state index contributed by atoms with van der Waals surface area (Å²) in [6, 6.07) is 33.8. The van der Waals surface area contributed by atoms with Crippen molar-refractivity contribution in [1.29, 1.82) is 0 Å². The fourth-order valence-electron chi connectivity index (χ4n) is 9.30. The van der Waals surface area contributed by atoms with Crippen molar-refractivity contribution in [2.75, 3.05) is 24.3 Å². The Labute approximate surface area is 407 Å². The molecule has 4 amide bonds. The highest BCUT2D eigenvalue weighted by atomic mass is 19.4. The molecule has 0 bridgehead atoms. The minimum Gasteiger partial charge on any atom is -0.423 e. The highest BCUT2D eigenvalue weighted by molar-refractivity contribution is 6.35. The van der Waals surface area contributed by atoms with Gasteiger partial charge in [0.25, 0.3) is 23.6 Å². The number of fused-ring (bicyclic) bond motifs is 6. The van der Waals surface area contributed by atoms with Crippen LogP contribution in [0.15, 0.2) is 146 Å². The van der Waals surface area contributed by atoms with E-state index in [4.69, 9.17) is 9.47 Å². The summed E-state index contributed by atoms with van der Waals surface area (Å²) in [5.74, 6) is -3.73. The molecular formula is C56H31F6N3O8. The number of hydrogen-bond acceptors (Lipinski definition) is 9. The average Bonchev–Trinajstić information content (AvgIpc) is 3.73. The van der Waals surface area contributed by atoms with Gasteiger partial charge < -0.3 is 14.8 Å². The number of hydrogen-bond donors (Lipinski definition) is 1. The normalized spacial score (nSPS) is 13.6. The van der Waals surface area contributed by atoms with Crippen molar-refractivity contribution in [2.24, 2.45) is 0 Å². The van der Waals surface area contributed by atoms with Crippen molar-refractivity contribution in [3.05, 3.63) is 190 Å². The van der Waals surface area contributed by atoms with E-state index < -0.39 is 64.0 Å². The number of carbonyl (C=O) groups excluding carboxylic acids is 6. The molecule has 11 rings (SSSR count). The first-order chi connectivity index (χ1) is 34.7. The second-order valence-corrected chi connectivity index (χ2v) is 17.4. The molecule has 11 nitrogen and oxygen atoms in total. The Balaban J connectivity index is 0.798. The molecule has 0 aromatic heterocycles. The van der Waals surface area contributed by atoms with E-state index in [1.54, 1.807) is 54.6 Å². The lowest BCUT2D eigenvalue weighted by atomic mass is 9.93. The van der Waals surface area contributed by atoms with Gasteiger partial charge in [-0.3, -0.25) is 24.1 Å². The van der Waals surface area contributed by atoms with Gasteiger partial charge in [-0.1, -0.05) is 24.3 Å². The number of esters is 2. The predicted molar refractivity (Wildman–Crippen MR) is 258 cm³/mol. The monoisotopic (exact) mass is 987 g/mol. The molecule has 2 aliphatic heterocycles. The number of amides is 4. The van der Waals surface area contributed by atoms with E-state index in [2.05, 4.69) is 5.32 Å². The van der Waals surface area contributed by atoms with Gasteiger partial charge in [-0.25, -0.2) is 14.5 Å². The van der Waals surface area contributed by atoms with Crippen molar-refractivity contribution in [3.63, 3.8) is 0 Å². The van der Waals surface area contributed by atoms with E-state index in [-0.39, 0.29) is 51.3 Å². The molecule has 0 radical (unpaired) electrons. The maximum atomic E-state index is 14.6. The minimum absolute atomic E-state index is 0.0222. The van der Waals surface area contributed by atoms with E-state index in [9.17, 15) is 55.1 Å². The second-order valence-electron chi connectivity index (χ2n) is 17.4. The zero-order chi connectivity index (χ0) is 51.4. The van der Waals surface area contributed by atoms with Crippen molar-refractivity contribution in [1.82, 2.24) is 4.90 Å². The van der Waals surface area contributed by atoms with Gasteiger partial charge >= 0.3 is 24.3 Å². The highest BCUT2D eigenvalue weighted by Gasteiger charge is 2.42. The average molecular weight is 988 g/mol. The van der Waals surface area contributed by atoms with Crippen LogP contribution in [0.2, 0.25) is 0 Å². The molecule has 2 heterocycles. The Kier molecular flexibility index (Phi) is 10.5. The molecule has 1 N–H and O–H groups in total. The number of nitrogens with zero attached hydrogens (tertiary/aromatic N) is 2. The van der Waals surface area contributed by atoms with Gasteiger partial charge in [-0.05, 0) is 176 Å². The molecule has 360 valence electrons. The molecule has 73 heavy (non-hydrogen) atoms. The maximum Gasteiger partial charge on any atom is 0.417 e. The Bertz CT molecular complexity index is 3980. The zero-order valence-corrected chi connectivity index (χ0v) is 37.8. The summed E-state index contributed by atoms with van der Waals surface area (Å²) >= 11 is 0. The molecule has 0 saturated heterocycles. The first-order valence-electron chi connectivity index (χ1n) is 22.1. The molecule has 0 atom stereocenters. The fraction of sp³-hybridized carbons (Fsp3) is 0.0714. The van der Waals surface area contributed by atoms with E-state index in [1.807, 2.05) is 12.1 Å². The summed E-state index contributed by atoms with van der Waals surface area (Å²) in [4.78, 5) is 80.9. The van der Waals surface area contributed by atoms with Crippen molar-refractivity contribution in [3.8, 4) is 22.6 Å². The van der Waals surface area contributed by atoms with E-state index in [0.717, 1.165) is 39.3 Å². The summed E-state index contributed by atoms with van der Waals surface area (Å²) in [5.41, 5.74) is -4.00. The number of halogens is 6. The lowest BCUT2D eigenvalue weighted by Crippen LogP contribution is -2.29. The summed E-state index contributed by atoms with van der Waals surface area (Å²) in [6.45, 7) is 0. The van der Waals surface area contributed by atoms with Crippen LogP contribution in [0.25, 0.3) is 54.2 Å². The summed E-state index contributed by atoms with van der Waals surface area (Å²) in [6.07, 6.45) is -10.2. The number of carbonyl (C=O) groups is 6. The van der Waals surface area contributed by atoms with Crippen LogP contribution in [0.3, 0.4) is 0 Å². The third-order valence-electron chi connectivity index (χ3n) is 13.0. The van der Waals surface area contributed by atoms with Crippen molar-refractivity contribution in [2.45, 2.75) is 12.4 Å². The molecular weight excluding hydrogens is 957 g/mol. The Morgan fingerprint density at radius 2 is 0.808 bits per heavy atom. The van der Waals surface area contributed by atoms with Gasteiger partial charge in [0.05, 0.1) is 50.2 Å². The number of rotatable bonds is 7. The van der Waals surface area contributed by atoms with E-state index in [0.29, 0.717) is 55.1 Å². The van der Waals surface area contributed by atoms with Crippen LogP contribution in [-0.4, -0.2) is 54.6 Å². The standard InChI is InChI=1S/C56H31F6N3O8/c1-63-37-7-13-41(47(25-37)55(57,58)59)42-14-8-38(26-48(42)56(60,61)62)65-51(68)45-23-34-16-28-4-6-30(18-32(28)20-36(34)24-46(45)52(65)69)54(71)73-40-11-9-39(10-12-40)72-53(70)29-5-3-27-15-33-21-43-44(50(67)64(2)49(43)66)22-35(33)19-31(27)17-29/h3-26,63H,1-2H3. The third kappa shape index (κ3) is 7.90. The molecule has 0 unspecified atom stereocenters. The smallest absolute Gasteiger partial charge is 0.417 e. The predicted octanol–water partition coefficient (Wildman–Crippen LogP) is 12.5. The molecule has 17 heteroatoms. The molecule has 0 spiro atoms. The van der Waals surface area contributed by atoms with Gasteiger partial charge in [-0.15, -0.1) is 0 Å². The number of nitrogens with one attached hydrogen (secondary N) is 1. The first kappa shape index (κ1) is 46.0. The quantitative estimate of drug-likeness (QED) is 0.0543. The van der Waals surface area contributed by atoms with Crippen LogP contribution < -0.4 is 19.7 Å². The number of imide groups is 2. The fourth-order valence-corrected chi connectivity index (χ4v) is 9.30. The minimum atomic E-state index is -5.19. The SMILES string of the molecule is CNc1ccc(-c2ccc(N3C(=O)c4cc5cc6ccc(C(=O)Oc7ccc(OC(=O)c8ccc9cc%10cc%11c(cc%10cc9c8)C(=O)N(C)C%11=O)cc7)cc6cc5cc4C3=O)cc2C(F)(F)F)c(C(F)(F)F)c1. The number of anilines is 2. The van der Waals surface area contributed by atoms with Crippen LogP contribution in [-0.2, 0) is 12.4 Å². The summed E-state index contributed by atoms with van der Waals surface area (Å²) in [5, 5.41) is 7.63. The Hall–Kier alpha value is -9.38. The van der Waals surface area contributed by atoms with Gasteiger partial charge in [0.1, 0.15) is 11.5 Å². The first-order valence-corrected chi connectivity index (χ1v) is 22.1. The van der Waals surface area contributed by atoms with Crippen LogP contribution in [0.5, 0.6) is 11.5 Å². The molecule has 0 aliphatic carbocycles. The van der Waals surface area contributed by atoms with Crippen molar-refractivity contribution >= 4 is 90.0 Å². The lowest BCUT2D eigenvalue weighted by molar-refractivity contribution is -0.139. The number of benzene rings is 9. The zero-order valence-electron chi connectivity index (χ0n) is 37.8. The number of alkyl halides is 6. The van der Waals surface area contributed by atoms with E-state index >= 15 is 0 Å². The van der Waals surface area contributed by atoms with Gasteiger partial charge in [0.15, 0.2) is 0 Å². The van der Waals surface area contributed by atoms with Crippen LogP contribution in [0.1, 0.15) is 73.3 Å². The number of ether oxygens (including phenoxy) is 2. The van der Waals surface area contributed by atoms with Crippen LogP contribution in [0, 0.1) is 0 Å². The maximum absolute atomic E-state index is 14.6. The highest BCUT2D eigenvalue weighted by Crippen LogP contribution is 2.46. The van der Waals surface area contributed by atoms with Gasteiger partial charge in [-0.2, -0.15) is 26.3 Å². The Morgan fingerprint density at radius 1 is 0.425 bits per heavy atom. The topological polar surface area (TPSA) is 139 Å². The summed E-state index contributed by atoms with van der Waals surface area (Å²) < 4.78 is 97.4. The third-order valence-corrected chi connectivity index (χ3v) is 13.0. The molecule has 0 fully saturated rings. The lowest BCUT2D eigenvalue weighted by Gasteiger charge is -2.21. The molecule has 9 aromatic rings. The second kappa shape index (κ2) is 16.6. The molecule has 0 saturated carbocycles. The van der Waals surface area contributed by atoms with Gasteiger partial charge in [0.2, 0.25) is 0 Å². The van der Waals surface area contributed by atoms with Crippen LogP contribution in [0.4, 0.5) is 37.7 Å². The molecule has 2 aliphatic rings. The largest absolute Gasteiger partial charge is 0.423 e. The summed E-state index contributed by atoms with van der Waals surface area (Å²) in [7, 11) is 2.79. The van der Waals surface area contributed by atoms with Crippen molar-refractivity contribution < 1.29 is 64.6 Å². The van der Waals surface area contributed by atoms with Crippen LogP contribution >= 0.6 is 0 Å². The van der Waals surface area contributed by atoms with Gasteiger partial charge in [0, 0.05) is 19.8 Å². The Morgan fingerprint density at radius 3 is 1.23 bits per heavy atom. The molecule has 9 aromatic carbocycles.